The molecule has 0 spiro atoms. The Balaban J connectivity index is 1.35. The lowest BCUT2D eigenvalue weighted by molar-refractivity contribution is -0.118. The first-order valence-electron chi connectivity index (χ1n) is 10.3. The van der Waals surface area contributed by atoms with Crippen LogP contribution in [-0.2, 0) is 11.4 Å². The maximum atomic E-state index is 12.9. The highest BCUT2D eigenvalue weighted by molar-refractivity contribution is 5.97. The molecule has 1 amide bonds. The van der Waals surface area contributed by atoms with Gasteiger partial charge in [-0.15, -0.1) is 0 Å². The van der Waals surface area contributed by atoms with Crippen LogP contribution in [0.1, 0.15) is 16.7 Å². The van der Waals surface area contributed by atoms with Crippen molar-refractivity contribution in [1.29, 1.82) is 0 Å². The molecule has 7 nitrogen and oxygen atoms in total. The Morgan fingerprint density at radius 1 is 0.903 bits per heavy atom. The van der Waals surface area contributed by atoms with Gasteiger partial charge in [-0.3, -0.25) is 4.79 Å². The molecule has 0 aliphatic carbocycles. The van der Waals surface area contributed by atoms with Crippen molar-refractivity contribution in [3.63, 3.8) is 0 Å². The van der Waals surface area contributed by atoms with Crippen LogP contribution >= 0.6 is 0 Å². The number of hydrogen-bond acceptors (Lipinski definition) is 6. The average molecular weight is 418 g/mol. The van der Waals surface area contributed by atoms with Crippen LogP contribution in [0.4, 0.5) is 11.4 Å². The second-order valence-corrected chi connectivity index (χ2v) is 7.57. The lowest BCUT2D eigenvalue weighted by Crippen LogP contribution is -2.48. The second-order valence-electron chi connectivity index (χ2n) is 7.57. The number of aryl methyl sites for hydroxylation is 2. The minimum atomic E-state index is -0.506. The van der Waals surface area contributed by atoms with Crippen LogP contribution in [0.15, 0.2) is 72.8 Å². The Hall–Kier alpha value is -3.39. The summed E-state index contributed by atoms with van der Waals surface area (Å²) in [4.78, 5) is 12.9. The van der Waals surface area contributed by atoms with Crippen molar-refractivity contribution < 1.29 is 9.53 Å². The lowest BCUT2D eigenvalue weighted by Gasteiger charge is -2.21. The van der Waals surface area contributed by atoms with Gasteiger partial charge in [0.05, 0.1) is 0 Å². The number of amides is 1. The number of carbonyl (C=O) groups is 1. The Morgan fingerprint density at radius 2 is 1.61 bits per heavy atom. The average Bonchev–Trinajstić information content (AvgIpc) is 3.25. The van der Waals surface area contributed by atoms with Crippen LogP contribution in [0.3, 0.4) is 0 Å². The molecule has 2 unspecified atom stereocenters. The van der Waals surface area contributed by atoms with Crippen molar-refractivity contribution in [3.05, 3.63) is 89.5 Å². The molecule has 1 aliphatic rings. The van der Waals surface area contributed by atoms with E-state index in [1.807, 2.05) is 86.6 Å². The van der Waals surface area contributed by atoms with Crippen molar-refractivity contribution in [3.8, 4) is 5.75 Å². The normalized spacial score (nSPS) is 17.9. The molecule has 160 valence electrons. The van der Waals surface area contributed by atoms with Crippen LogP contribution in [-0.4, -0.2) is 18.1 Å². The van der Waals surface area contributed by atoms with E-state index in [0.29, 0.717) is 6.61 Å². The molecule has 1 heterocycles. The van der Waals surface area contributed by atoms with Crippen molar-refractivity contribution in [1.82, 2.24) is 16.4 Å². The number of anilines is 2. The molecule has 1 fully saturated rings. The molecule has 4 rings (SSSR count). The zero-order valence-corrected chi connectivity index (χ0v) is 17.6. The second kappa shape index (κ2) is 9.61. The third-order valence-electron chi connectivity index (χ3n) is 5.23. The van der Waals surface area contributed by atoms with Crippen LogP contribution in [0.5, 0.6) is 5.75 Å². The van der Waals surface area contributed by atoms with E-state index in [1.54, 1.807) is 0 Å². The molecule has 0 aromatic heterocycles. The summed E-state index contributed by atoms with van der Waals surface area (Å²) in [6.07, 6.45) is -0.333. The van der Waals surface area contributed by atoms with Crippen molar-refractivity contribution in [2.45, 2.75) is 32.7 Å². The van der Waals surface area contributed by atoms with Gasteiger partial charge in [0.2, 0.25) is 5.91 Å². The van der Waals surface area contributed by atoms with Crippen LogP contribution in [0, 0.1) is 13.8 Å². The molecular weight excluding hydrogens is 390 g/mol. The molecule has 5 N–H and O–H groups in total. The highest BCUT2D eigenvalue weighted by Crippen LogP contribution is 2.21. The van der Waals surface area contributed by atoms with E-state index < -0.39 is 6.04 Å². The van der Waals surface area contributed by atoms with Gasteiger partial charge in [-0.25, -0.2) is 10.9 Å². The first-order valence-corrected chi connectivity index (χ1v) is 10.3. The topological polar surface area (TPSA) is 86.5 Å². The third kappa shape index (κ3) is 5.21. The fraction of sp³-hybridized carbons (Fsp3) is 0.208. The summed E-state index contributed by atoms with van der Waals surface area (Å²) in [5.74, 6) is 0.657. The summed E-state index contributed by atoms with van der Waals surface area (Å²) in [6.45, 7) is 4.49. The molecular formula is C24H27N5O2. The van der Waals surface area contributed by atoms with E-state index in [4.69, 9.17) is 4.74 Å². The van der Waals surface area contributed by atoms with Gasteiger partial charge in [0.1, 0.15) is 24.6 Å². The Morgan fingerprint density at radius 3 is 2.32 bits per heavy atom. The Kier molecular flexibility index (Phi) is 6.47. The summed E-state index contributed by atoms with van der Waals surface area (Å²) < 4.78 is 5.83. The van der Waals surface area contributed by atoms with Gasteiger partial charge < -0.3 is 15.4 Å². The zero-order valence-electron chi connectivity index (χ0n) is 17.6. The van der Waals surface area contributed by atoms with E-state index in [1.165, 1.54) is 0 Å². The highest BCUT2D eigenvalue weighted by atomic mass is 16.5. The maximum Gasteiger partial charge on any atom is 0.246 e. The van der Waals surface area contributed by atoms with Gasteiger partial charge in [-0.2, -0.15) is 5.53 Å². The molecule has 0 saturated carbocycles. The van der Waals surface area contributed by atoms with Gasteiger partial charge in [-0.1, -0.05) is 48.5 Å². The fourth-order valence-corrected chi connectivity index (χ4v) is 3.48. The number of benzene rings is 3. The van der Waals surface area contributed by atoms with Crippen LogP contribution in [0.2, 0.25) is 0 Å². The number of hydrazine groups is 2. The van der Waals surface area contributed by atoms with Crippen molar-refractivity contribution in [2.24, 2.45) is 0 Å². The highest BCUT2D eigenvalue weighted by Gasteiger charge is 2.33. The number of carbonyl (C=O) groups excluding carboxylic acids is 1. The number of hydrogen-bond donors (Lipinski definition) is 5. The minimum absolute atomic E-state index is 0.129. The van der Waals surface area contributed by atoms with Gasteiger partial charge in [-0.05, 0) is 54.8 Å². The van der Waals surface area contributed by atoms with Gasteiger partial charge in [0.15, 0.2) is 0 Å². The van der Waals surface area contributed by atoms with E-state index >= 15 is 0 Å². The molecule has 7 heteroatoms. The van der Waals surface area contributed by atoms with Crippen LogP contribution in [0.25, 0.3) is 0 Å². The van der Waals surface area contributed by atoms with Gasteiger partial charge in [0, 0.05) is 11.4 Å². The molecule has 2 atom stereocenters. The molecule has 1 aliphatic heterocycles. The molecule has 3 aromatic rings. The Bertz CT molecular complexity index is 1000. The quantitative estimate of drug-likeness (QED) is 0.406. The minimum Gasteiger partial charge on any atom is -0.489 e. The molecule has 3 aromatic carbocycles. The summed E-state index contributed by atoms with van der Waals surface area (Å²) in [7, 11) is 0. The number of ether oxygens (including phenoxy) is 1. The lowest BCUT2D eigenvalue weighted by atomic mass is 10.1. The zero-order chi connectivity index (χ0) is 21.6. The van der Waals surface area contributed by atoms with Crippen molar-refractivity contribution >= 4 is 17.3 Å². The largest absolute Gasteiger partial charge is 0.489 e. The first kappa shape index (κ1) is 20.9. The van der Waals surface area contributed by atoms with E-state index in [2.05, 4.69) is 27.0 Å². The predicted molar refractivity (Wildman–Crippen MR) is 122 cm³/mol. The number of nitrogens with one attached hydrogen (secondary N) is 5. The summed E-state index contributed by atoms with van der Waals surface area (Å²) >= 11 is 0. The van der Waals surface area contributed by atoms with E-state index in [9.17, 15) is 4.79 Å². The van der Waals surface area contributed by atoms with Crippen molar-refractivity contribution in [2.75, 3.05) is 10.6 Å². The monoisotopic (exact) mass is 417 g/mol. The van der Waals surface area contributed by atoms with E-state index in [0.717, 1.165) is 33.8 Å². The molecule has 0 radical (unpaired) electrons. The fourth-order valence-electron chi connectivity index (χ4n) is 3.48. The number of para-hydroxylation sites is 1. The maximum absolute atomic E-state index is 12.9. The third-order valence-corrected chi connectivity index (χ3v) is 5.23. The van der Waals surface area contributed by atoms with Gasteiger partial charge >= 0.3 is 0 Å². The summed E-state index contributed by atoms with van der Waals surface area (Å²) in [6, 6.07) is 23.2. The molecule has 1 saturated heterocycles. The smallest absolute Gasteiger partial charge is 0.246 e. The predicted octanol–water partition coefficient (Wildman–Crippen LogP) is 3.24. The summed E-state index contributed by atoms with van der Waals surface area (Å²) in [5.41, 5.74) is 13.8. The van der Waals surface area contributed by atoms with Gasteiger partial charge in [0.25, 0.3) is 0 Å². The van der Waals surface area contributed by atoms with Crippen LogP contribution < -0.4 is 31.8 Å². The first-order chi connectivity index (χ1) is 15.1. The SMILES string of the molecule is Cc1cccc(C)c1NC(=O)C1NNNC1Nc1ccc(OCc2ccccc2)cc1. The van der Waals surface area contributed by atoms with E-state index in [-0.39, 0.29) is 12.1 Å². The summed E-state index contributed by atoms with van der Waals surface area (Å²) in [5, 5.41) is 6.37. The standard InChI is InChI=1S/C24H27N5O2/c1-16-7-6-8-17(2)21(16)26-24(30)22-23(28-29-27-22)25-19-11-13-20(14-12-19)31-15-18-9-4-3-5-10-18/h3-14,22-23,25,27-29H,15H2,1-2H3,(H,26,30). The Labute approximate surface area is 182 Å². The molecule has 31 heavy (non-hydrogen) atoms. The molecule has 0 bridgehead atoms. The number of rotatable bonds is 7.